The second-order valence-corrected chi connectivity index (χ2v) is 12.6. The molecule has 38 heavy (non-hydrogen) atoms. The fourth-order valence-corrected chi connectivity index (χ4v) is 8.36. The number of benzene rings is 2. The van der Waals surface area contributed by atoms with Crippen molar-refractivity contribution in [3.8, 4) is 0 Å². The highest BCUT2D eigenvalue weighted by Gasteiger charge is 2.44. The maximum Gasteiger partial charge on any atom is 0.230 e. The fourth-order valence-electron chi connectivity index (χ4n) is 6.17. The van der Waals surface area contributed by atoms with E-state index in [1.54, 1.807) is 31.8 Å². The van der Waals surface area contributed by atoms with Gasteiger partial charge in [-0.1, -0.05) is 42.5 Å². The van der Waals surface area contributed by atoms with Crippen LogP contribution in [-0.4, -0.2) is 46.5 Å². The molecule has 3 aromatic rings. The number of amides is 1. The van der Waals surface area contributed by atoms with Gasteiger partial charge in [0.2, 0.25) is 15.9 Å². The molecule has 1 aliphatic heterocycles. The minimum atomic E-state index is -3.68. The number of aromatic nitrogens is 3. The van der Waals surface area contributed by atoms with E-state index >= 15 is 4.39 Å². The van der Waals surface area contributed by atoms with E-state index in [2.05, 4.69) is 15.5 Å². The van der Waals surface area contributed by atoms with Crippen LogP contribution < -0.4 is 5.32 Å². The predicted octanol–water partition coefficient (Wildman–Crippen LogP) is 4.27. The molecule has 1 amide bonds. The first kappa shape index (κ1) is 26.5. The number of nitrogens with zero attached hydrogens (tertiary/aromatic N) is 4. The predicted molar refractivity (Wildman–Crippen MR) is 142 cm³/mol. The van der Waals surface area contributed by atoms with E-state index in [1.165, 1.54) is 10.4 Å². The first-order valence-corrected chi connectivity index (χ1v) is 14.7. The van der Waals surface area contributed by atoms with E-state index in [1.807, 2.05) is 41.8 Å². The molecule has 1 N–H and O–H groups in total. The van der Waals surface area contributed by atoms with Crippen molar-refractivity contribution in [2.75, 3.05) is 7.05 Å². The van der Waals surface area contributed by atoms with Crippen molar-refractivity contribution < 1.29 is 17.6 Å². The molecule has 0 bridgehead atoms. The number of rotatable bonds is 6. The molecule has 1 saturated carbocycles. The molecule has 1 aromatic heterocycles. The summed E-state index contributed by atoms with van der Waals surface area (Å²) in [5, 5.41) is 9.91. The molecule has 0 radical (unpaired) electrons. The van der Waals surface area contributed by atoms with Crippen molar-refractivity contribution in [3.05, 3.63) is 83.7 Å². The summed E-state index contributed by atoms with van der Waals surface area (Å²) in [5.41, 5.74) is 0.844. The van der Waals surface area contributed by atoms with Gasteiger partial charge in [-0.25, -0.2) is 12.8 Å². The van der Waals surface area contributed by atoms with E-state index in [4.69, 9.17) is 0 Å². The van der Waals surface area contributed by atoms with E-state index < -0.39 is 26.5 Å². The summed E-state index contributed by atoms with van der Waals surface area (Å²) in [6, 6.07) is 14.0. The van der Waals surface area contributed by atoms with Crippen molar-refractivity contribution >= 4 is 15.9 Å². The number of nitrogens with one attached hydrogen (secondary N) is 1. The molecule has 0 spiro atoms. The molecule has 2 unspecified atom stereocenters. The van der Waals surface area contributed by atoms with Crippen LogP contribution in [-0.2, 0) is 26.8 Å². The van der Waals surface area contributed by atoms with Crippen molar-refractivity contribution in [1.29, 1.82) is 0 Å². The summed E-state index contributed by atoms with van der Waals surface area (Å²) >= 11 is 0. The lowest BCUT2D eigenvalue weighted by molar-refractivity contribution is -0.127. The zero-order valence-electron chi connectivity index (χ0n) is 21.8. The maximum atomic E-state index is 15.6. The third-order valence-corrected chi connectivity index (χ3v) is 10.8. The van der Waals surface area contributed by atoms with Crippen LogP contribution in [0.2, 0.25) is 0 Å². The Labute approximate surface area is 223 Å². The second kappa shape index (κ2) is 10.6. The van der Waals surface area contributed by atoms with Crippen LogP contribution in [0.3, 0.4) is 0 Å². The largest absolute Gasteiger partial charge is 0.358 e. The second-order valence-electron chi connectivity index (χ2n) is 10.5. The molecule has 10 heteroatoms. The van der Waals surface area contributed by atoms with Gasteiger partial charge in [0.05, 0.1) is 5.41 Å². The minimum absolute atomic E-state index is 0.0401. The first-order chi connectivity index (χ1) is 18.3. The molecule has 2 heterocycles. The topological polar surface area (TPSA) is 97.2 Å². The van der Waals surface area contributed by atoms with Gasteiger partial charge < -0.3 is 9.88 Å². The Morgan fingerprint density at radius 3 is 2.37 bits per heavy atom. The fraction of sp³-hybridized carbons (Fsp3) is 0.464. The highest BCUT2D eigenvalue weighted by atomic mass is 32.2. The number of halogens is 1. The molecular weight excluding hydrogens is 505 g/mol. The summed E-state index contributed by atoms with van der Waals surface area (Å²) in [5.74, 6) is -0.624. The van der Waals surface area contributed by atoms with Crippen molar-refractivity contribution in [2.24, 2.45) is 0 Å². The number of sulfonamides is 1. The summed E-state index contributed by atoms with van der Waals surface area (Å²) < 4.78 is 46.2. The summed E-state index contributed by atoms with van der Waals surface area (Å²) in [4.78, 5) is 13.1. The molecule has 2 aliphatic rings. The van der Waals surface area contributed by atoms with Gasteiger partial charge in [-0.15, -0.1) is 10.2 Å². The molecule has 2 aromatic carbocycles. The van der Waals surface area contributed by atoms with Gasteiger partial charge in [-0.05, 0) is 62.6 Å². The summed E-state index contributed by atoms with van der Waals surface area (Å²) in [6.07, 6.45) is 7.20. The zero-order valence-corrected chi connectivity index (χ0v) is 22.6. The number of carbonyl (C=O) groups excluding carboxylic acids is 1. The SMILES string of the molecule is CNC(=O)C1(c2ccc(CN3C(C)CCC(c4ccccc4)S3(=O)=O)c(F)c2)CCC(n2cnnc2)CC1. The van der Waals surface area contributed by atoms with Crippen LogP contribution in [0.4, 0.5) is 4.39 Å². The van der Waals surface area contributed by atoms with Gasteiger partial charge in [-0.2, -0.15) is 4.31 Å². The Morgan fingerprint density at radius 2 is 1.74 bits per heavy atom. The van der Waals surface area contributed by atoms with Gasteiger partial charge in [0.25, 0.3) is 0 Å². The van der Waals surface area contributed by atoms with Gasteiger partial charge in [0.15, 0.2) is 0 Å². The normalized spacial score (nSPS) is 27.6. The number of likely N-dealkylation sites (N-methyl/N-ethyl adjacent to an activating group) is 1. The van der Waals surface area contributed by atoms with Crippen LogP contribution in [0.25, 0.3) is 0 Å². The number of hydrogen-bond donors (Lipinski definition) is 1. The zero-order chi connectivity index (χ0) is 26.9. The van der Waals surface area contributed by atoms with Crippen molar-refractivity contribution in [1.82, 2.24) is 24.4 Å². The Morgan fingerprint density at radius 1 is 1.05 bits per heavy atom. The molecule has 202 valence electrons. The molecule has 5 rings (SSSR count). The van der Waals surface area contributed by atoms with Gasteiger partial charge in [-0.3, -0.25) is 4.79 Å². The lowest BCUT2D eigenvalue weighted by Crippen LogP contribution is -2.46. The van der Waals surface area contributed by atoms with Crippen molar-refractivity contribution in [3.63, 3.8) is 0 Å². The highest BCUT2D eigenvalue weighted by molar-refractivity contribution is 7.89. The van der Waals surface area contributed by atoms with Crippen LogP contribution >= 0.6 is 0 Å². The molecule has 1 aliphatic carbocycles. The van der Waals surface area contributed by atoms with E-state index in [0.29, 0.717) is 36.8 Å². The summed E-state index contributed by atoms with van der Waals surface area (Å²) in [6.45, 7) is 1.83. The third kappa shape index (κ3) is 4.75. The Kier molecular flexibility index (Phi) is 7.37. The van der Waals surface area contributed by atoms with Gasteiger partial charge in [0.1, 0.15) is 23.7 Å². The van der Waals surface area contributed by atoms with Crippen LogP contribution in [0.15, 0.2) is 61.2 Å². The average Bonchev–Trinajstić information content (AvgIpc) is 3.47. The van der Waals surface area contributed by atoms with Crippen LogP contribution in [0, 0.1) is 5.82 Å². The van der Waals surface area contributed by atoms with Crippen molar-refractivity contribution in [2.45, 2.75) is 74.7 Å². The van der Waals surface area contributed by atoms with Gasteiger partial charge >= 0.3 is 0 Å². The maximum absolute atomic E-state index is 15.6. The lowest BCUT2D eigenvalue weighted by Gasteiger charge is -2.39. The smallest absolute Gasteiger partial charge is 0.230 e. The van der Waals surface area contributed by atoms with E-state index in [0.717, 1.165) is 18.4 Å². The number of carbonyl (C=O) groups is 1. The molecule has 8 nitrogen and oxygen atoms in total. The Bertz CT molecular complexity index is 1370. The van der Waals surface area contributed by atoms with E-state index in [-0.39, 0.29) is 24.5 Å². The summed E-state index contributed by atoms with van der Waals surface area (Å²) in [7, 11) is -2.08. The Balaban J connectivity index is 1.39. The lowest BCUT2D eigenvalue weighted by atomic mass is 9.67. The molecule has 2 fully saturated rings. The van der Waals surface area contributed by atoms with E-state index in [9.17, 15) is 13.2 Å². The molecular formula is C28H34FN5O3S. The Hall–Kier alpha value is -3.11. The molecule has 1 saturated heterocycles. The number of hydrogen-bond acceptors (Lipinski definition) is 5. The van der Waals surface area contributed by atoms with Crippen LogP contribution in [0.1, 0.15) is 73.4 Å². The van der Waals surface area contributed by atoms with Gasteiger partial charge in [0, 0.05) is 31.2 Å². The average molecular weight is 540 g/mol. The van der Waals surface area contributed by atoms with Crippen LogP contribution in [0.5, 0.6) is 0 Å². The first-order valence-electron chi connectivity index (χ1n) is 13.2. The quantitative estimate of drug-likeness (QED) is 0.505. The monoisotopic (exact) mass is 539 g/mol. The standard InChI is InChI=1S/C28H34FN5O3S/c1-20-8-11-26(21-6-4-3-5-7-21)38(36,37)34(20)17-22-9-10-23(16-25(22)29)28(27(35)30-2)14-12-24(13-15-28)33-18-31-32-19-33/h3-7,9-10,16,18-20,24,26H,8,11-15,17H2,1-2H3,(H,30,35). The highest BCUT2D eigenvalue weighted by Crippen LogP contribution is 2.44. The third-order valence-electron chi connectivity index (χ3n) is 8.46. The minimum Gasteiger partial charge on any atom is -0.358 e. The molecule has 2 atom stereocenters.